The molecular formula is C63H110O6. The number of ether oxygens (including phenoxy) is 3. The summed E-state index contributed by atoms with van der Waals surface area (Å²) in [6.45, 7) is 6.58. The van der Waals surface area contributed by atoms with Gasteiger partial charge in [0.2, 0.25) is 0 Å². The van der Waals surface area contributed by atoms with Crippen molar-refractivity contribution in [3.63, 3.8) is 0 Å². The molecule has 0 saturated heterocycles. The Morgan fingerprint density at radius 1 is 0.290 bits per heavy atom. The van der Waals surface area contributed by atoms with Crippen LogP contribution >= 0.6 is 0 Å². The highest BCUT2D eigenvalue weighted by molar-refractivity contribution is 5.71. The van der Waals surface area contributed by atoms with Crippen molar-refractivity contribution in [2.24, 2.45) is 0 Å². The van der Waals surface area contributed by atoms with Crippen LogP contribution in [0.25, 0.3) is 0 Å². The highest BCUT2D eigenvalue weighted by Gasteiger charge is 2.19. The van der Waals surface area contributed by atoms with Crippen LogP contribution in [0.15, 0.2) is 72.9 Å². The fraction of sp³-hybridized carbons (Fsp3) is 0.762. The molecule has 6 heteroatoms. The summed E-state index contributed by atoms with van der Waals surface area (Å²) in [7, 11) is 0. The average molecular weight is 964 g/mol. The minimum Gasteiger partial charge on any atom is -0.462 e. The summed E-state index contributed by atoms with van der Waals surface area (Å²) in [5, 5.41) is 0. The average Bonchev–Trinajstić information content (AvgIpc) is 3.35. The van der Waals surface area contributed by atoms with Gasteiger partial charge in [0.25, 0.3) is 0 Å². The van der Waals surface area contributed by atoms with Crippen molar-refractivity contribution in [3.8, 4) is 0 Å². The van der Waals surface area contributed by atoms with E-state index >= 15 is 0 Å². The molecule has 69 heavy (non-hydrogen) atoms. The molecule has 1 atom stereocenters. The molecule has 0 N–H and O–H groups in total. The number of hydrogen-bond acceptors (Lipinski definition) is 6. The van der Waals surface area contributed by atoms with Gasteiger partial charge in [-0.05, 0) is 116 Å². The summed E-state index contributed by atoms with van der Waals surface area (Å²) in [6.07, 6.45) is 73.1. The summed E-state index contributed by atoms with van der Waals surface area (Å²) in [5.74, 6) is -0.926. The molecule has 0 spiro atoms. The summed E-state index contributed by atoms with van der Waals surface area (Å²) in [4.78, 5) is 38.2. The third kappa shape index (κ3) is 55.6. The van der Waals surface area contributed by atoms with Crippen molar-refractivity contribution >= 4 is 17.9 Å². The Balaban J connectivity index is 4.45. The Hall–Kier alpha value is -3.15. The first-order chi connectivity index (χ1) is 34.0. The number of carbonyl (C=O) groups excluding carboxylic acids is 3. The van der Waals surface area contributed by atoms with Crippen LogP contribution < -0.4 is 0 Å². The van der Waals surface area contributed by atoms with Crippen LogP contribution in [-0.4, -0.2) is 37.2 Å². The van der Waals surface area contributed by atoms with Gasteiger partial charge in [-0.1, -0.05) is 229 Å². The second kappa shape index (κ2) is 57.4. The molecule has 0 rings (SSSR count). The number of allylic oxidation sites excluding steroid dienone is 12. The Labute approximate surface area is 427 Å². The second-order valence-electron chi connectivity index (χ2n) is 19.5. The zero-order valence-electron chi connectivity index (χ0n) is 45.6. The van der Waals surface area contributed by atoms with E-state index in [4.69, 9.17) is 14.2 Å². The zero-order valence-corrected chi connectivity index (χ0v) is 45.6. The Bertz CT molecular complexity index is 1290. The minimum atomic E-state index is -0.795. The van der Waals surface area contributed by atoms with Gasteiger partial charge in [-0.25, -0.2) is 0 Å². The standard InChI is InChI=1S/C63H110O6/c1-4-7-10-13-16-19-22-25-28-30-31-33-35-38-41-44-47-50-53-56-62(65)68-59-60(58-67-61(64)55-52-49-46-43-40-37-34-27-24-21-18-15-12-9-6-3)69-63(66)57-54-51-48-45-42-39-36-32-29-26-23-20-17-14-11-8-5-2/h16,19,25-29,31,33-34,38,41,60H,4-15,17-18,20-24,30,32,35-37,39-40,42-59H2,1-3H3/b19-16-,28-25-,29-26-,33-31-,34-27-,41-38-/t60-/m1/s1. The maximum atomic E-state index is 12.9. The molecule has 0 radical (unpaired) electrons. The maximum Gasteiger partial charge on any atom is 0.306 e. The first-order valence-corrected chi connectivity index (χ1v) is 29.4. The van der Waals surface area contributed by atoms with E-state index in [2.05, 4.69) is 93.7 Å². The first-order valence-electron chi connectivity index (χ1n) is 29.4. The summed E-state index contributed by atoms with van der Waals surface area (Å²) in [5.41, 5.74) is 0. The van der Waals surface area contributed by atoms with E-state index in [9.17, 15) is 14.4 Å². The van der Waals surface area contributed by atoms with Crippen molar-refractivity contribution in [3.05, 3.63) is 72.9 Å². The smallest absolute Gasteiger partial charge is 0.306 e. The lowest BCUT2D eigenvalue weighted by Crippen LogP contribution is -2.30. The minimum absolute atomic E-state index is 0.0910. The largest absolute Gasteiger partial charge is 0.462 e. The van der Waals surface area contributed by atoms with Crippen molar-refractivity contribution < 1.29 is 28.6 Å². The van der Waals surface area contributed by atoms with Gasteiger partial charge in [0.15, 0.2) is 6.10 Å². The van der Waals surface area contributed by atoms with Crippen LogP contribution in [0.4, 0.5) is 0 Å². The molecule has 0 amide bonds. The quantitative estimate of drug-likeness (QED) is 0.0262. The van der Waals surface area contributed by atoms with Crippen molar-refractivity contribution in [1.29, 1.82) is 0 Å². The number of carbonyl (C=O) groups is 3. The molecule has 0 aliphatic rings. The topological polar surface area (TPSA) is 78.9 Å². The number of esters is 3. The van der Waals surface area contributed by atoms with Gasteiger partial charge in [-0.3, -0.25) is 14.4 Å². The van der Waals surface area contributed by atoms with Crippen molar-refractivity contribution in [2.75, 3.05) is 13.2 Å². The van der Waals surface area contributed by atoms with E-state index in [1.165, 1.54) is 161 Å². The van der Waals surface area contributed by atoms with Crippen molar-refractivity contribution in [1.82, 2.24) is 0 Å². The molecule has 0 bridgehead atoms. The van der Waals surface area contributed by atoms with Crippen LogP contribution in [0, 0.1) is 0 Å². The molecule has 0 saturated carbocycles. The molecule has 0 aromatic rings. The number of unbranched alkanes of at least 4 members (excludes halogenated alkanes) is 30. The first kappa shape index (κ1) is 65.8. The SMILES string of the molecule is CCCCC/C=C\C/C=C\C/C=C\C/C=C\CCCCCC(=O)OC[C@@H](COC(=O)CCCCCCC/C=C\CCCCCCCC)OC(=O)CCCCCCCCC/C=C\CCCCCCCC. The molecule has 398 valence electrons. The van der Waals surface area contributed by atoms with Crippen LogP contribution in [0.5, 0.6) is 0 Å². The monoisotopic (exact) mass is 963 g/mol. The van der Waals surface area contributed by atoms with E-state index in [0.717, 1.165) is 89.9 Å². The molecule has 0 unspecified atom stereocenters. The van der Waals surface area contributed by atoms with Gasteiger partial charge in [-0.15, -0.1) is 0 Å². The lowest BCUT2D eigenvalue weighted by molar-refractivity contribution is -0.167. The molecule has 0 fully saturated rings. The molecular weight excluding hydrogens is 853 g/mol. The Kier molecular flexibility index (Phi) is 54.8. The predicted octanol–water partition coefficient (Wildman–Crippen LogP) is 19.8. The normalized spacial score (nSPS) is 12.6. The van der Waals surface area contributed by atoms with Crippen LogP contribution in [0.1, 0.15) is 290 Å². The molecule has 0 aliphatic carbocycles. The Morgan fingerprint density at radius 3 is 0.870 bits per heavy atom. The van der Waals surface area contributed by atoms with E-state index in [-0.39, 0.29) is 31.1 Å². The van der Waals surface area contributed by atoms with E-state index in [0.29, 0.717) is 19.3 Å². The molecule has 0 heterocycles. The zero-order chi connectivity index (χ0) is 50.0. The fourth-order valence-electron chi connectivity index (χ4n) is 8.18. The third-order valence-corrected chi connectivity index (χ3v) is 12.7. The van der Waals surface area contributed by atoms with Gasteiger partial charge in [0, 0.05) is 19.3 Å². The highest BCUT2D eigenvalue weighted by atomic mass is 16.6. The summed E-state index contributed by atoms with van der Waals surface area (Å²) in [6, 6.07) is 0. The maximum absolute atomic E-state index is 12.9. The second-order valence-corrected chi connectivity index (χ2v) is 19.5. The molecule has 0 aromatic heterocycles. The lowest BCUT2D eigenvalue weighted by Gasteiger charge is -2.18. The van der Waals surface area contributed by atoms with E-state index in [1.54, 1.807) is 0 Å². The Morgan fingerprint density at radius 2 is 0.522 bits per heavy atom. The van der Waals surface area contributed by atoms with E-state index < -0.39 is 6.10 Å². The van der Waals surface area contributed by atoms with Crippen LogP contribution in [0.2, 0.25) is 0 Å². The fourth-order valence-corrected chi connectivity index (χ4v) is 8.18. The van der Waals surface area contributed by atoms with Gasteiger partial charge >= 0.3 is 17.9 Å². The van der Waals surface area contributed by atoms with Crippen LogP contribution in [-0.2, 0) is 28.6 Å². The van der Waals surface area contributed by atoms with Gasteiger partial charge in [0.1, 0.15) is 13.2 Å². The van der Waals surface area contributed by atoms with Crippen LogP contribution in [0.3, 0.4) is 0 Å². The number of rotatable bonds is 53. The van der Waals surface area contributed by atoms with Gasteiger partial charge < -0.3 is 14.2 Å². The van der Waals surface area contributed by atoms with Gasteiger partial charge in [-0.2, -0.15) is 0 Å². The number of hydrogen-bond donors (Lipinski definition) is 0. The van der Waals surface area contributed by atoms with Gasteiger partial charge in [0.05, 0.1) is 0 Å². The highest BCUT2D eigenvalue weighted by Crippen LogP contribution is 2.15. The molecule has 0 aliphatic heterocycles. The molecule has 6 nitrogen and oxygen atoms in total. The summed E-state index contributed by atoms with van der Waals surface area (Å²) >= 11 is 0. The summed E-state index contributed by atoms with van der Waals surface area (Å²) < 4.78 is 16.9. The molecule has 0 aromatic carbocycles. The lowest BCUT2D eigenvalue weighted by atomic mass is 10.1. The predicted molar refractivity (Wildman–Crippen MR) is 298 cm³/mol. The van der Waals surface area contributed by atoms with E-state index in [1.807, 2.05) is 0 Å². The van der Waals surface area contributed by atoms with Crippen molar-refractivity contribution in [2.45, 2.75) is 297 Å². The third-order valence-electron chi connectivity index (χ3n) is 12.7.